The molecule has 0 amide bonds. The maximum atomic E-state index is 11.9. The topological polar surface area (TPSA) is 38.3 Å². The van der Waals surface area contributed by atoms with Gasteiger partial charge in [0.05, 0.1) is 12.5 Å². The van der Waals surface area contributed by atoms with Gasteiger partial charge in [-0.25, -0.2) is 0 Å². The van der Waals surface area contributed by atoms with Crippen molar-refractivity contribution in [1.29, 1.82) is 0 Å². The number of carbonyl (C=O) groups is 1. The number of nitrogens with one attached hydrogen (secondary N) is 1. The van der Waals surface area contributed by atoms with Crippen LogP contribution in [0, 0.1) is 10.8 Å². The average Bonchev–Trinajstić information content (AvgIpc) is 2.07. The Balaban J connectivity index is 2.93. The summed E-state index contributed by atoms with van der Waals surface area (Å²) in [5.41, 5.74) is -0.217. The number of ether oxygens (including phenoxy) is 1. The highest BCUT2D eigenvalue weighted by Gasteiger charge is 2.54. The van der Waals surface area contributed by atoms with E-state index in [0.29, 0.717) is 0 Å². The Labute approximate surface area is 92.6 Å². The molecule has 1 aliphatic carbocycles. The lowest BCUT2D eigenvalue weighted by atomic mass is 9.58. The number of esters is 1. The van der Waals surface area contributed by atoms with Gasteiger partial charge in [-0.2, -0.15) is 0 Å². The Morgan fingerprint density at radius 2 is 1.93 bits per heavy atom. The molecule has 1 unspecified atom stereocenters. The zero-order chi connectivity index (χ0) is 11.7. The van der Waals surface area contributed by atoms with Crippen molar-refractivity contribution in [1.82, 2.24) is 5.32 Å². The van der Waals surface area contributed by atoms with Crippen molar-refractivity contribution in [2.45, 2.75) is 46.1 Å². The highest BCUT2D eigenvalue weighted by atomic mass is 16.5. The van der Waals surface area contributed by atoms with Gasteiger partial charge in [-0.1, -0.05) is 27.2 Å². The van der Waals surface area contributed by atoms with Crippen LogP contribution in [0.4, 0.5) is 0 Å². The molecule has 1 N–H and O–H groups in total. The molecule has 0 bridgehead atoms. The monoisotopic (exact) mass is 213 g/mol. The van der Waals surface area contributed by atoms with Crippen LogP contribution in [0.3, 0.4) is 0 Å². The van der Waals surface area contributed by atoms with E-state index in [1.54, 1.807) is 0 Å². The minimum atomic E-state index is -0.290. The first kappa shape index (κ1) is 12.5. The first-order valence-corrected chi connectivity index (χ1v) is 5.64. The molecule has 0 heterocycles. The van der Waals surface area contributed by atoms with Crippen LogP contribution in [0.2, 0.25) is 0 Å². The minimum absolute atomic E-state index is 0.0528. The van der Waals surface area contributed by atoms with Crippen LogP contribution >= 0.6 is 0 Å². The number of hydrogen-bond acceptors (Lipinski definition) is 3. The lowest BCUT2D eigenvalue weighted by molar-refractivity contribution is -0.164. The molecule has 0 saturated heterocycles. The molecule has 1 rings (SSSR count). The molecule has 0 radical (unpaired) electrons. The Morgan fingerprint density at radius 3 is 2.13 bits per heavy atom. The van der Waals surface area contributed by atoms with Crippen molar-refractivity contribution in [3.63, 3.8) is 0 Å². The van der Waals surface area contributed by atoms with E-state index in [9.17, 15) is 4.79 Å². The van der Waals surface area contributed by atoms with Crippen molar-refractivity contribution in [2.75, 3.05) is 14.2 Å². The van der Waals surface area contributed by atoms with Crippen LogP contribution < -0.4 is 5.32 Å². The van der Waals surface area contributed by atoms with Crippen molar-refractivity contribution >= 4 is 5.97 Å². The molecule has 3 nitrogen and oxygen atoms in total. The van der Waals surface area contributed by atoms with Gasteiger partial charge in [0.2, 0.25) is 0 Å². The smallest absolute Gasteiger partial charge is 0.313 e. The van der Waals surface area contributed by atoms with Gasteiger partial charge in [-0.3, -0.25) is 4.79 Å². The standard InChI is InChI=1S/C12H23NO2/c1-11(2,3)9(13-4)12(7-6-8-12)10(14)15-5/h9,13H,6-8H2,1-5H3. The second kappa shape index (κ2) is 4.12. The molecular weight excluding hydrogens is 190 g/mol. The zero-order valence-corrected chi connectivity index (χ0v) is 10.5. The van der Waals surface area contributed by atoms with Gasteiger partial charge < -0.3 is 10.1 Å². The fraction of sp³-hybridized carbons (Fsp3) is 0.917. The predicted octanol–water partition coefficient (Wildman–Crippen LogP) is 1.96. The van der Waals surface area contributed by atoms with Gasteiger partial charge in [-0.15, -0.1) is 0 Å². The van der Waals surface area contributed by atoms with E-state index in [1.165, 1.54) is 7.11 Å². The minimum Gasteiger partial charge on any atom is -0.469 e. The molecule has 15 heavy (non-hydrogen) atoms. The predicted molar refractivity (Wildman–Crippen MR) is 60.6 cm³/mol. The van der Waals surface area contributed by atoms with E-state index < -0.39 is 0 Å². The molecule has 1 aliphatic rings. The van der Waals surface area contributed by atoms with E-state index in [0.717, 1.165) is 19.3 Å². The van der Waals surface area contributed by atoms with Crippen LogP contribution in [0.1, 0.15) is 40.0 Å². The van der Waals surface area contributed by atoms with Crippen molar-refractivity contribution in [3.05, 3.63) is 0 Å². The average molecular weight is 213 g/mol. The van der Waals surface area contributed by atoms with Crippen LogP contribution in [0.5, 0.6) is 0 Å². The molecule has 88 valence electrons. The molecule has 3 heteroatoms. The van der Waals surface area contributed by atoms with Crippen molar-refractivity contribution in [3.8, 4) is 0 Å². The largest absolute Gasteiger partial charge is 0.469 e. The van der Waals surface area contributed by atoms with Gasteiger partial charge in [0.15, 0.2) is 0 Å². The van der Waals surface area contributed by atoms with E-state index in [4.69, 9.17) is 4.74 Å². The lowest BCUT2D eigenvalue weighted by Gasteiger charge is -2.50. The summed E-state index contributed by atoms with van der Waals surface area (Å²) in [4.78, 5) is 11.9. The fourth-order valence-corrected chi connectivity index (χ4v) is 2.91. The summed E-state index contributed by atoms with van der Waals surface area (Å²) < 4.78 is 4.96. The molecule has 1 saturated carbocycles. The number of rotatable bonds is 3. The van der Waals surface area contributed by atoms with Gasteiger partial charge in [0.1, 0.15) is 0 Å². The van der Waals surface area contributed by atoms with Gasteiger partial charge in [0.25, 0.3) is 0 Å². The number of hydrogen-bond donors (Lipinski definition) is 1. The number of carbonyl (C=O) groups excluding carboxylic acids is 1. The highest BCUT2D eigenvalue weighted by Crippen LogP contribution is 2.49. The highest BCUT2D eigenvalue weighted by molar-refractivity contribution is 5.79. The Hall–Kier alpha value is -0.570. The van der Waals surface area contributed by atoms with Crippen LogP contribution in [-0.2, 0) is 9.53 Å². The van der Waals surface area contributed by atoms with Crippen LogP contribution in [-0.4, -0.2) is 26.2 Å². The number of methoxy groups -OCH3 is 1. The quantitative estimate of drug-likeness (QED) is 0.728. The van der Waals surface area contributed by atoms with E-state index in [2.05, 4.69) is 26.1 Å². The zero-order valence-electron chi connectivity index (χ0n) is 10.5. The summed E-state index contributed by atoms with van der Waals surface area (Å²) >= 11 is 0. The van der Waals surface area contributed by atoms with Crippen molar-refractivity contribution in [2.24, 2.45) is 10.8 Å². The Kier molecular flexibility index (Phi) is 3.44. The van der Waals surface area contributed by atoms with E-state index in [-0.39, 0.29) is 22.8 Å². The molecule has 0 aromatic rings. The second-order valence-electron chi connectivity index (χ2n) is 5.59. The second-order valence-corrected chi connectivity index (χ2v) is 5.59. The van der Waals surface area contributed by atoms with E-state index >= 15 is 0 Å². The van der Waals surface area contributed by atoms with Crippen LogP contribution in [0.15, 0.2) is 0 Å². The van der Waals surface area contributed by atoms with Gasteiger partial charge in [0, 0.05) is 6.04 Å². The van der Waals surface area contributed by atoms with E-state index in [1.807, 2.05) is 7.05 Å². The van der Waals surface area contributed by atoms with Gasteiger partial charge >= 0.3 is 5.97 Å². The lowest BCUT2D eigenvalue weighted by Crippen LogP contribution is -2.59. The molecule has 1 atom stereocenters. The third-order valence-corrected chi connectivity index (χ3v) is 3.54. The van der Waals surface area contributed by atoms with Crippen LogP contribution in [0.25, 0.3) is 0 Å². The summed E-state index contributed by atoms with van der Waals surface area (Å²) in [6.07, 6.45) is 3.02. The summed E-state index contributed by atoms with van der Waals surface area (Å²) in [5, 5.41) is 3.30. The maximum Gasteiger partial charge on any atom is 0.313 e. The third-order valence-electron chi connectivity index (χ3n) is 3.54. The molecule has 0 aliphatic heterocycles. The molecule has 0 aromatic carbocycles. The normalized spacial score (nSPS) is 21.7. The first-order chi connectivity index (χ1) is 6.88. The summed E-state index contributed by atoms with van der Waals surface area (Å²) in [6.45, 7) is 6.49. The third kappa shape index (κ3) is 2.03. The molecule has 1 fully saturated rings. The molecule has 0 aromatic heterocycles. The summed E-state index contributed by atoms with van der Waals surface area (Å²) in [7, 11) is 3.41. The molecular formula is C12H23NO2. The van der Waals surface area contributed by atoms with Crippen molar-refractivity contribution < 1.29 is 9.53 Å². The first-order valence-electron chi connectivity index (χ1n) is 5.64. The SMILES string of the molecule is CNC(C(C)(C)C)C1(C(=O)OC)CCC1. The van der Waals surface area contributed by atoms with Gasteiger partial charge in [-0.05, 0) is 25.3 Å². The maximum absolute atomic E-state index is 11.9. The molecule has 0 spiro atoms. The Morgan fingerprint density at radius 1 is 1.40 bits per heavy atom. The Bertz CT molecular complexity index is 238. The summed E-state index contributed by atoms with van der Waals surface area (Å²) in [6, 6.07) is 0.186. The summed E-state index contributed by atoms with van der Waals surface area (Å²) in [5.74, 6) is -0.0528. The fourth-order valence-electron chi connectivity index (χ4n) is 2.91.